The molecule has 4 rings (SSSR count). The second-order valence-electron chi connectivity index (χ2n) is 6.38. The number of hydrogen-bond donors (Lipinski definition) is 1. The van der Waals surface area contributed by atoms with E-state index >= 15 is 0 Å². The Hall–Kier alpha value is -1.99. The molecule has 2 atom stereocenters. The lowest BCUT2D eigenvalue weighted by atomic mass is 9.80. The first-order valence-electron chi connectivity index (χ1n) is 8.18. The van der Waals surface area contributed by atoms with Gasteiger partial charge >= 0.3 is 0 Å². The summed E-state index contributed by atoms with van der Waals surface area (Å²) in [7, 11) is 0. The molecule has 6 nitrogen and oxygen atoms in total. The number of amides is 1. The van der Waals surface area contributed by atoms with Crippen LogP contribution in [0.25, 0.3) is 0 Å². The fraction of sp³-hybridized carbons (Fsp3) is 0.471. The summed E-state index contributed by atoms with van der Waals surface area (Å²) >= 11 is 1.72. The summed E-state index contributed by atoms with van der Waals surface area (Å²) in [6, 6.07) is 5.94. The van der Waals surface area contributed by atoms with E-state index in [4.69, 9.17) is 4.74 Å². The van der Waals surface area contributed by atoms with Crippen LogP contribution in [0, 0.1) is 11.3 Å². The van der Waals surface area contributed by atoms with Gasteiger partial charge in [-0.05, 0) is 23.9 Å². The van der Waals surface area contributed by atoms with Gasteiger partial charge in [-0.15, -0.1) is 11.3 Å². The number of carbonyl (C=O) groups excluding carboxylic acids is 1. The van der Waals surface area contributed by atoms with Crippen LogP contribution in [-0.2, 0) is 16.0 Å². The minimum atomic E-state index is -0.478. The van der Waals surface area contributed by atoms with Crippen LogP contribution in [-0.4, -0.2) is 48.7 Å². The Balaban J connectivity index is 1.43. The molecule has 4 heterocycles. The highest BCUT2D eigenvalue weighted by atomic mass is 32.1. The fourth-order valence-corrected chi connectivity index (χ4v) is 4.30. The average Bonchev–Trinajstić information content (AvgIpc) is 3.31. The number of fused-ring (bicyclic) bond motifs is 1. The number of nitrogens with one attached hydrogen (secondary N) is 1. The van der Waals surface area contributed by atoms with Gasteiger partial charge in [0.05, 0.1) is 18.6 Å². The Kier molecular flexibility index (Phi) is 4.20. The van der Waals surface area contributed by atoms with E-state index in [1.54, 1.807) is 29.8 Å². The van der Waals surface area contributed by atoms with Gasteiger partial charge in [-0.2, -0.15) is 0 Å². The number of aromatic nitrogens is 2. The van der Waals surface area contributed by atoms with Crippen molar-refractivity contribution < 1.29 is 9.53 Å². The third-order valence-corrected chi connectivity index (χ3v) is 5.83. The van der Waals surface area contributed by atoms with E-state index in [0.717, 1.165) is 13.0 Å². The van der Waals surface area contributed by atoms with E-state index in [-0.39, 0.29) is 11.8 Å². The summed E-state index contributed by atoms with van der Waals surface area (Å²) in [6.07, 6.45) is 4.35. The molecule has 0 radical (unpaired) electrons. The molecule has 126 valence electrons. The lowest BCUT2D eigenvalue weighted by Crippen LogP contribution is -2.47. The van der Waals surface area contributed by atoms with Gasteiger partial charge in [0.25, 0.3) is 0 Å². The molecule has 0 bridgehead atoms. The molecular formula is C17H20N4O2S. The summed E-state index contributed by atoms with van der Waals surface area (Å²) in [6.45, 7) is 3.15. The number of carbonyl (C=O) groups is 1. The van der Waals surface area contributed by atoms with Crippen LogP contribution in [0.2, 0.25) is 0 Å². The van der Waals surface area contributed by atoms with Crippen molar-refractivity contribution in [3.8, 4) is 0 Å². The normalized spacial score (nSPS) is 25.7. The van der Waals surface area contributed by atoms with Crippen molar-refractivity contribution >= 4 is 23.2 Å². The van der Waals surface area contributed by atoms with Crippen molar-refractivity contribution in [2.24, 2.45) is 11.3 Å². The molecule has 0 saturated carbocycles. The summed E-state index contributed by atoms with van der Waals surface area (Å²) in [5.74, 6) is 0.987. The molecule has 7 heteroatoms. The van der Waals surface area contributed by atoms with Crippen LogP contribution in [0.15, 0.2) is 36.0 Å². The van der Waals surface area contributed by atoms with Gasteiger partial charge in [-0.25, -0.2) is 9.97 Å². The van der Waals surface area contributed by atoms with Crippen LogP contribution >= 0.6 is 11.3 Å². The first-order valence-corrected chi connectivity index (χ1v) is 9.06. The molecular weight excluding hydrogens is 324 g/mol. The monoisotopic (exact) mass is 344 g/mol. The smallest absolute Gasteiger partial charge is 0.230 e. The highest BCUT2D eigenvalue weighted by Gasteiger charge is 2.56. The van der Waals surface area contributed by atoms with E-state index in [9.17, 15) is 4.79 Å². The van der Waals surface area contributed by atoms with Crippen molar-refractivity contribution in [2.45, 2.75) is 6.42 Å². The number of nitrogens with zero attached hydrogens (tertiary/aromatic N) is 3. The Morgan fingerprint density at radius 3 is 3.08 bits per heavy atom. The minimum Gasteiger partial charge on any atom is -0.380 e. The summed E-state index contributed by atoms with van der Waals surface area (Å²) in [5, 5.41) is 5.18. The molecule has 2 aromatic rings. The predicted molar refractivity (Wildman–Crippen MR) is 92.0 cm³/mol. The summed E-state index contributed by atoms with van der Waals surface area (Å²) in [5.41, 5.74) is -0.478. The first-order chi connectivity index (χ1) is 11.8. The van der Waals surface area contributed by atoms with E-state index < -0.39 is 5.41 Å². The topological polar surface area (TPSA) is 67.3 Å². The van der Waals surface area contributed by atoms with Crippen molar-refractivity contribution in [3.05, 3.63) is 40.8 Å². The number of thiophene rings is 1. The Morgan fingerprint density at radius 2 is 2.29 bits per heavy atom. The van der Waals surface area contributed by atoms with Crippen LogP contribution in [0.4, 0.5) is 5.95 Å². The zero-order chi connectivity index (χ0) is 16.4. The van der Waals surface area contributed by atoms with Crippen LogP contribution in [0.5, 0.6) is 0 Å². The van der Waals surface area contributed by atoms with Gasteiger partial charge in [0, 0.05) is 42.8 Å². The SMILES string of the molecule is O=C(NCCc1cccs1)[C@@]12COC[C@@H]1CN(c1ncccn1)C2. The molecule has 2 aliphatic heterocycles. The van der Waals surface area contributed by atoms with Crippen LogP contribution in [0.3, 0.4) is 0 Å². The Morgan fingerprint density at radius 1 is 1.42 bits per heavy atom. The standard InChI is InChI=1S/C17H20N4O2S/c22-15(18-7-4-14-3-1-8-24-14)17-11-21(9-13(17)10-23-12-17)16-19-5-2-6-20-16/h1-3,5-6,8,13H,4,7,9-12H2,(H,18,22)/t13-,17-/m0/s1. The first kappa shape index (κ1) is 15.5. The average molecular weight is 344 g/mol. The molecule has 2 saturated heterocycles. The molecule has 2 fully saturated rings. The minimum absolute atomic E-state index is 0.0972. The molecule has 0 spiro atoms. The predicted octanol–water partition coefficient (Wildman–Crippen LogP) is 1.35. The number of anilines is 1. The van der Waals surface area contributed by atoms with Crippen molar-refractivity contribution in [3.63, 3.8) is 0 Å². The quantitative estimate of drug-likeness (QED) is 0.887. The van der Waals surface area contributed by atoms with Crippen molar-refractivity contribution in [1.29, 1.82) is 0 Å². The summed E-state index contributed by atoms with van der Waals surface area (Å²) in [4.78, 5) is 24.9. The van der Waals surface area contributed by atoms with Gasteiger partial charge in [0.15, 0.2) is 0 Å². The van der Waals surface area contributed by atoms with E-state index in [0.29, 0.717) is 32.3 Å². The van der Waals surface area contributed by atoms with Gasteiger partial charge < -0.3 is 15.0 Å². The number of ether oxygens (including phenoxy) is 1. The van der Waals surface area contributed by atoms with E-state index in [1.807, 2.05) is 6.07 Å². The molecule has 0 unspecified atom stereocenters. The molecule has 2 aliphatic rings. The number of hydrogen-bond acceptors (Lipinski definition) is 6. The van der Waals surface area contributed by atoms with E-state index in [1.165, 1.54) is 4.88 Å². The lowest BCUT2D eigenvalue weighted by Gasteiger charge is -2.25. The third kappa shape index (κ3) is 2.78. The Bertz CT molecular complexity index is 694. The lowest BCUT2D eigenvalue weighted by molar-refractivity contribution is -0.131. The van der Waals surface area contributed by atoms with Crippen molar-refractivity contribution in [2.75, 3.05) is 37.7 Å². The molecule has 1 amide bonds. The molecule has 2 aromatic heterocycles. The van der Waals surface area contributed by atoms with Crippen LogP contribution in [0.1, 0.15) is 4.88 Å². The molecule has 1 N–H and O–H groups in total. The Labute approximate surface area is 144 Å². The van der Waals surface area contributed by atoms with Gasteiger partial charge in [-0.3, -0.25) is 4.79 Å². The maximum atomic E-state index is 12.9. The fourth-order valence-electron chi connectivity index (χ4n) is 3.59. The van der Waals surface area contributed by atoms with Crippen molar-refractivity contribution in [1.82, 2.24) is 15.3 Å². The highest BCUT2D eigenvalue weighted by Crippen LogP contribution is 2.42. The maximum absolute atomic E-state index is 12.9. The van der Waals surface area contributed by atoms with Crippen LogP contribution < -0.4 is 10.2 Å². The largest absolute Gasteiger partial charge is 0.380 e. The van der Waals surface area contributed by atoms with Gasteiger partial charge in [0.2, 0.25) is 11.9 Å². The molecule has 24 heavy (non-hydrogen) atoms. The zero-order valence-corrected chi connectivity index (χ0v) is 14.2. The zero-order valence-electron chi connectivity index (χ0n) is 13.4. The maximum Gasteiger partial charge on any atom is 0.230 e. The second-order valence-corrected chi connectivity index (χ2v) is 7.42. The summed E-state index contributed by atoms with van der Waals surface area (Å²) < 4.78 is 5.65. The highest BCUT2D eigenvalue weighted by molar-refractivity contribution is 7.09. The molecule has 0 aromatic carbocycles. The third-order valence-electron chi connectivity index (χ3n) is 4.90. The molecule has 0 aliphatic carbocycles. The second kappa shape index (κ2) is 6.49. The van der Waals surface area contributed by atoms with Gasteiger partial charge in [0.1, 0.15) is 0 Å². The van der Waals surface area contributed by atoms with Gasteiger partial charge in [-0.1, -0.05) is 6.07 Å². The van der Waals surface area contributed by atoms with E-state index in [2.05, 4.69) is 31.6 Å². The number of rotatable bonds is 5.